The minimum Gasteiger partial charge on any atom is -0.444 e. The molecule has 1 amide bonds. The summed E-state index contributed by atoms with van der Waals surface area (Å²) in [6, 6.07) is 0.123. The average molecular weight is 404 g/mol. The first-order valence-corrected chi connectivity index (χ1v) is 10.5. The molecule has 2 unspecified atom stereocenters. The molecule has 0 spiro atoms. The molecule has 0 radical (unpaired) electrons. The third-order valence-electron chi connectivity index (χ3n) is 5.05. The monoisotopic (exact) mass is 404 g/mol. The van der Waals surface area contributed by atoms with Gasteiger partial charge >= 0.3 is 6.09 Å². The maximum absolute atomic E-state index is 12.7. The van der Waals surface area contributed by atoms with E-state index in [-0.39, 0.29) is 23.7 Å². The summed E-state index contributed by atoms with van der Waals surface area (Å²) in [5.74, 6) is 0.702. The highest BCUT2D eigenvalue weighted by Gasteiger charge is 2.45. The van der Waals surface area contributed by atoms with Gasteiger partial charge in [-0.3, -0.25) is 9.69 Å². The van der Waals surface area contributed by atoms with Crippen molar-refractivity contribution in [2.75, 3.05) is 24.2 Å². The third-order valence-corrected chi connectivity index (χ3v) is 5.60. The van der Waals surface area contributed by atoms with E-state index in [9.17, 15) is 9.59 Å². The molecule has 2 bridgehead atoms. The van der Waals surface area contributed by atoms with Crippen molar-refractivity contribution < 1.29 is 9.53 Å². The van der Waals surface area contributed by atoms with E-state index in [1.165, 1.54) is 11.8 Å². The van der Waals surface area contributed by atoms with Crippen LogP contribution in [0.4, 0.5) is 10.6 Å². The maximum atomic E-state index is 12.7. The number of aromatic nitrogens is 4. The summed E-state index contributed by atoms with van der Waals surface area (Å²) in [6.45, 7) is 6.92. The van der Waals surface area contributed by atoms with Crippen molar-refractivity contribution in [3.8, 4) is 0 Å². The molecule has 1 N–H and O–H groups in total. The van der Waals surface area contributed by atoms with E-state index in [1.54, 1.807) is 6.20 Å². The molecule has 10 heteroatoms. The Labute approximate surface area is 166 Å². The first-order valence-electron chi connectivity index (χ1n) is 9.32. The number of amides is 1. The molecule has 0 aromatic carbocycles. The number of carbonyl (C=O) groups is 1. The van der Waals surface area contributed by atoms with Crippen molar-refractivity contribution in [1.29, 1.82) is 0 Å². The Morgan fingerprint density at radius 3 is 2.54 bits per heavy atom. The van der Waals surface area contributed by atoms with E-state index in [4.69, 9.17) is 4.74 Å². The summed E-state index contributed by atoms with van der Waals surface area (Å²) in [5.41, 5.74) is -0.505. The number of hydrogen-bond acceptors (Lipinski definition) is 8. The van der Waals surface area contributed by atoms with Gasteiger partial charge in [-0.2, -0.15) is 5.10 Å². The van der Waals surface area contributed by atoms with Gasteiger partial charge in [-0.25, -0.2) is 19.9 Å². The summed E-state index contributed by atoms with van der Waals surface area (Å²) in [6.07, 6.45) is 5.08. The number of ether oxygens (including phenoxy) is 1. The van der Waals surface area contributed by atoms with Gasteiger partial charge < -0.3 is 9.64 Å². The third kappa shape index (κ3) is 3.41. The largest absolute Gasteiger partial charge is 0.444 e. The zero-order valence-corrected chi connectivity index (χ0v) is 17.2. The molecule has 0 aliphatic carbocycles. The average Bonchev–Trinajstić information content (AvgIpc) is 2.90. The molecule has 4 heterocycles. The van der Waals surface area contributed by atoms with Crippen molar-refractivity contribution in [2.24, 2.45) is 0 Å². The number of nitrogens with one attached hydrogen (secondary N) is 1. The summed E-state index contributed by atoms with van der Waals surface area (Å²) < 4.78 is 5.61. The van der Waals surface area contributed by atoms with Crippen molar-refractivity contribution in [3.63, 3.8) is 0 Å². The Hall–Kier alpha value is -2.36. The molecular formula is C18H24N6O3S. The highest BCUT2D eigenvalue weighted by molar-refractivity contribution is 7.98. The van der Waals surface area contributed by atoms with Crippen LogP contribution in [0.3, 0.4) is 0 Å². The van der Waals surface area contributed by atoms with Crippen LogP contribution in [0.15, 0.2) is 16.1 Å². The molecule has 2 fully saturated rings. The minimum absolute atomic E-state index is 0.0614. The van der Waals surface area contributed by atoms with Gasteiger partial charge in [0.1, 0.15) is 16.9 Å². The zero-order chi connectivity index (χ0) is 20.1. The molecule has 2 aliphatic rings. The fraction of sp³-hybridized carbons (Fsp3) is 0.611. The number of carbonyl (C=O) groups excluding carboxylic acids is 1. The lowest BCUT2D eigenvalue weighted by atomic mass is 10.1. The molecule has 150 valence electrons. The van der Waals surface area contributed by atoms with Crippen molar-refractivity contribution in [2.45, 2.75) is 56.5 Å². The second-order valence-corrected chi connectivity index (χ2v) is 8.95. The number of thioether (sulfide) groups is 1. The molecule has 2 aromatic heterocycles. The van der Waals surface area contributed by atoms with Crippen LogP contribution in [0.1, 0.15) is 33.6 Å². The van der Waals surface area contributed by atoms with Crippen LogP contribution in [0, 0.1) is 0 Å². The number of H-pyrrole nitrogens is 1. The standard InChI is InChI=1S/C18H24N6O3S/c1-18(2,3)27-17(26)24-10-5-6-11(24)9-23(8-10)14-12-7-19-22-15(25)13(12)20-16(21-14)28-4/h7,10-11H,5-6,8-9H2,1-4H3,(H,22,25). The lowest BCUT2D eigenvalue weighted by Gasteiger charge is -2.42. The summed E-state index contributed by atoms with van der Waals surface area (Å²) in [7, 11) is 0. The molecule has 9 nitrogen and oxygen atoms in total. The molecule has 2 atom stereocenters. The maximum Gasteiger partial charge on any atom is 0.410 e. The van der Waals surface area contributed by atoms with Crippen LogP contribution in [0.5, 0.6) is 0 Å². The van der Waals surface area contributed by atoms with Gasteiger partial charge in [0.2, 0.25) is 0 Å². The number of anilines is 1. The Kier molecular flexibility index (Phi) is 4.68. The molecule has 2 aliphatic heterocycles. The molecule has 2 saturated heterocycles. The highest BCUT2D eigenvalue weighted by atomic mass is 32.2. The quantitative estimate of drug-likeness (QED) is 0.599. The van der Waals surface area contributed by atoms with Crippen LogP contribution >= 0.6 is 11.8 Å². The summed E-state index contributed by atoms with van der Waals surface area (Å²) in [5, 5.41) is 7.54. The molecule has 0 saturated carbocycles. The van der Waals surface area contributed by atoms with Crippen LogP contribution in [-0.4, -0.2) is 68.2 Å². The molecule has 4 rings (SSSR count). The van der Waals surface area contributed by atoms with E-state index >= 15 is 0 Å². The van der Waals surface area contributed by atoms with E-state index in [2.05, 4.69) is 25.1 Å². The van der Waals surface area contributed by atoms with Crippen molar-refractivity contribution in [3.05, 3.63) is 16.6 Å². The van der Waals surface area contributed by atoms with Gasteiger partial charge in [0, 0.05) is 13.1 Å². The van der Waals surface area contributed by atoms with Gasteiger partial charge in [-0.1, -0.05) is 11.8 Å². The van der Waals surface area contributed by atoms with Gasteiger partial charge in [0.05, 0.1) is 23.7 Å². The number of rotatable bonds is 2. The van der Waals surface area contributed by atoms with Gasteiger partial charge in [0.25, 0.3) is 5.56 Å². The van der Waals surface area contributed by atoms with Gasteiger partial charge in [-0.05, 0) is 39.9 Å². The first kappa shape index (κ1) is 19.0. The molecule has 2 aromatic rings. The molecule has 28 heavy (non-hydrogen) atoms. The van der Waals surface area contributed by atoms with Crippen LogP contribution < -0.4 is 10.5 Å². The lowest BCUT2D eigenvalue weighted by Crippen LogP contribution is -2.57. The number of piperazine rings is 1. The van der Waals surface area contributed by atoms with Crippen molar-refractivity contribution >= 4 is 34.6 Å². The van der Waals surface area contributed by atoms with E-state index in [0.29, 0.717) is 35.0 Å². The fourth-order valence-electron chi connectivity index (χ4n) is 3.96. The van der Waals surface area contributed by atoms with Gasteiger partial charge in [0.15, 0.2) is 5.16 Å². The smallest absolute Gasteiger partial charge is 0.410 e. The van der Waals surface area contributed by atoms with E-state index < -0.39 is 5.60 Å². The van der Waals surface area contributed by atoms with Crippen LogP contribution in [0.2, 0.25) is 0 Å². The lowest BCUT2D eigenvalue weighted by molar-refractivity contribution is 0.0123. The Balaban J connectivity index is 1.66. The normalized spacial score (nSPS) is 22.0. The predicted molar refractivity (Wildman–Crippen MR) is 107 cm³/mol. The summed E-state index contributed by atoms with van der Waals surface area (Å²) >= 11 is 1.39. The SMILES string of the molecule is CSc1nc(N2CC3CCC(C2)N3C(=O)OC(C)(C)C)c2cn[nH]c(=O)c2n1. The molecular weight excluding hydrogens is 380 g/mol. The second-order valence-electron chi connectivity index (χ2n) is 8.17. The predicted octanol–water partition coefficient (Wildman–Crippen LogP) is 2.02. The number of fused-ring (bicyclic) bond motifs is 3. The Morgan fingerprint density at radius 1 is 1.25 bits per heavy atom. The first-order chi connectivity index (χ1) is 13.3. The zero-order valence-electron chi connectivity index (χ0n) is 16.4. The van der Waals surface area contributed by atoms with Crippen molar-refractivity contribution in [1.82, 2.24) is 25.1 Å². The van der Waals surface area contributed by atoms with Crippen LogP contribution in [-0.2, 0) is 4.74 Å². The summed E-state index contributed by atoms with van der Waals surface area (Å²) in [4.78, 5) is 37.9. The minimum atomic E-state index is -0.517. The Morgan fingerprint density at radius 2 is 1.93 bits per heavy atom. The highest BCUT2D eigenvalue weighted by Crippen LogP contribution is 2.35. The van der Waals surface area contributed by atoms with E-state index in [1.807, 2.05) is 31.9 Å². The fourth-order valence-corrected chi connectivity index (χ4v) is 4.32. The number of nitrogens with zero attached hydrogens (tertiary/aromatic N) is 5. The van der Waals surface area contributed by atoms with Gasteiger partial charge in [-0.15, -0.1) is 0 Å². The number of hydrogen-bond donors (Lipinski definition) is 1. The number of aromatic amines is 1. The van der Waals surface area contributed by atoms with Crippen LogP contribution in [0.25, 0.3) is 10.9 Å². The topological polar surface area (TPSA) is 104 Å². The Bertz CT molecular complexity index is 958. The second kappa shape index (κ2) is 6.91. The van der Waals surface area contributed by atoms with E-state index in [0.717, 1.165) is 12.8 Å².